The summed E-state index contributed by atoms with van der Waals surface area (Å²) in [6.45, 7) is 4.03. The second kappa shape index (κ2) is 4.99. The van der Waals surface area contributed by atoms with Gasteiger partial charge in [-0.3, -0.25) is 0 Å². The summed E-state index contributed by atoms with van der Waals surface area (Å²) >= 11 is 13.4. The van der Waals surface area contributed by atoms with Gasteiger partial charge in [-0.1, -0.05) is 29.3 Å². The summed E-state index contributed by atoms with van der Waals surface area (Å²) in [6, 6.07) is 7.29. The number of aryl methyl sites for hydroxylation is 2. The maximum atomic E-state index is 10.3. The monoisotopic (exact) mass is 286 g/mol. The topological polar surface area (TPSA) is 20.2 Å². The molecule has 0 radical (unpaired) electrons. The Bertz CT molecular complexity index is 548. The molecule has 1 heterocycles. The van der Waals surface area contributed by atoms with Crippen LogP contribution in [0.1, 0.15) is 27.0 Å². The summed E-state index contributed by atoms with van der Waals surface area (Å²) in [5.41, 5.74) is 1.87. The van der Waals surface area contributed by atoms with Crippen LogP contribution in [0.15, 0.2) is 24.3 Å². The Morgan fingerprint density at radius 3 is 2.35 bits per heavy atom. The fraction of sp³-hybridized carbons (Fsp3) is 0.231. The van der Waals surface area contributed by atoms with E-state index in [1.54, 1.807) is 29.5 Å². The molecule has 1 N–H and O–H groups in total. The lowest BCUT2D eigenvalue weighted by Crippen LogP contribution is -1.98. The van der Waals surface area contributed by atoms with Gasteiger partial charge in [0.25, 0.3) is 0 Å². The molecule has 0 saturated carbocycles. The molecular formula is C13H12Cl2OS. The van der Waals surface area contributed by atoms with Gasteiger partial charge in [0.2, 0.25) is 0 Å². The molecule has 0 aliphatic carbocycles. The molecule has 0 aliphatic rings. The maximum absolute atomic E-state index is 10.3. The Balaban J connectivity index is 2.40. The van der Waals surface area contributed by atoms with Crippen LogP contribution in [-0.2, 0) is 0 Å². The third kappa shape index (κ3) is 2.66. The molecule has 1 unspecified atom stereocenters. The minimum Gasteiger partial charge on any atom is -0.383 e. The number of hydrogen-bond donors (Lipinski definition) is 1. The SMILES string of the molecule is Cc1cc(C)c(C(O)c2ccc(Cl)c(Cl)c2)s1. The summed E-state index contributed by atoms with van der Waals surface area (Å²) in [7, 11) is 0. The van der Waals surface area contributed by atoms with E-state index in [1.807, 2.05) is 13.8 Å². The number of hydrogen-bond acceptors (Lipinski definition) is 2. The molecule has 0 saturated heterocycles. The van der Waals surface area contributed by atoms with E-state index < -0.39 is 6.10 Å². The third-order valence-corrected chi connectivity index (χ3v) is 4.53. The van der Waals surface area contributed by atoms with E-state index in [-0.39, 0.29) is 0 Å². The highest BCUT2D eigenvalue weighted by Crippen LogP contribution is 2.34. The third-order valence-electron chi connectivity index (χ3n) is 2.59. The van der Waals surface area contributed by atoms with E-state index in [0.29, 0.717) is 10.0 Å². The van der Waals surface area contributed by atoms with Crippen molar-refractivity contribution in [1.29, 1.82) is 0 Å². The maximum Gasteiger partial charge on any atom is 0.114 e. The minimum absolute atomic E-state index is 0.467. The van der Waals surface area contributed by atoms with Crippen LogP contribution < -0.4 is 0 Å². The van der Waals surface area contributed by atoms with Gasteiger partial charge in [0.05, 0.1) is 10.0 Å². The molecular weight excluding hydrogens is 275 g/mol. The molecule has 0 fully saturated rings. The smallest absolute Gasteiger partial charge is 0.114 e. The number of rotatable bonds is 2. The van der Waals surface area contributed by atoms with E-state index in [9.17, 15) is 5.11 Å². The highest BCUT2D eigenvalue weighted by Gasteiger charge is 2.16. The quantitative estimate of drug-likeness (QED) is 0.844. The Kier molecular flexibility index (Phi) is 3.79. The fourth-order valence-corrected chi connectivity index (χ4v) is 3.12. The van der Waals surface area contributed by atoms with Crippen LogP contribution in [0.5, 0.6) is 0 Å². The molecule has 4 heteroatoms. The zero-order valence-electron chi connectivity index (χ0n) is 9.50. The van der Waals surface area contributed by atoms with Crippen molar-refractivity contribution in [3.8, 4) is 0 Å². The van der Waals surface area contributed by atoms with Gasteiger partial charge in [-0.2, -0.15) is 0 Å². The van der Waals surface area contributed by atoms with Crippen LogP contribution in [0.4, 0.5) is 0 Å². The molecule has 1 aromatic carbocycles. The van der Waals surface area contributed by atoms with Crippen molar-refractivity contribution in [2.75, 3.05) is 0 Å². The number of halogens is 2. The lowest BCUT2D eigenvalue weighted by Gasteiger charge is -2.11. The number of aliphatic hydroxyl groups excluding tert-OH is 1. The van der Waals surface area contributed by atoms with Crippen LogP contribution in [0, 0.1) is 13.8 Å². The van der Waals surface area contributed by atoms with Gasteiger partial charge in [0, 0.05) is 9.75 Å². The fourth-order valence-electron chi connectivity index (χ4n) is 1.76. The summed E-state index contributed by atoms with van der Waals surface area (Å²) in [6.07, 6.45) is -0.636. The van der Waals surface area contributed by atoms with Gasteiger partial charge >= 0.3 is 0 Å². The lowest BCUT2D eigenvalue weighted by molar-refractivity contribution is 0.223. The largest absolute Gasteiger partial charge is 0.383 e. The minimum atomic E-state index is -0.636. The highest BCUT2D eigenvalue weighted by atomic mass is 35.5. The van der Waals surface area contributed by atoms with E-state index >= 15 is 0 Å². The van der Waals surface area contributed by atoms with Crippen LogP contribution in [0.3, 0.4) is 0 Å². The van der Waals surface area contributed by atoms with Crippen LogP contribution in [0.25, 0.3) is 0 Å². The predicted octanol–water partition coefficient (Wildman–Crippen LogP) is 4.75. The zero-order valence-corrected chi connectivity index (χ0v) is 11.8. The first kappa shape index (κ1) is 12.9. The van der Waals surface area contributed by atoms with Crippen molar-refractivity contribution in [1.82, 2.24) is 0 Å². The molecule has 90 valence electrons. The molecule has 1 aromatic heterocycles. The van der Waals surface area contributed by atoms with E-state index in [0.717, 1.165) is 16.0 Å². The summed E-state index contributed by atoms with van der Waals surface area (Å²) < 4.78 is 0. The van der Waals surface area contributed by atoms with Gasteiger partial charge in [0.15, 0.2) is 0 Å². The molecule has 1 nitrogen and oxygen atoms in total. The van der Waals surface area contributed by atoms with E-state index in [1.165, 1.54) is 4.88 Å². The van der Waals surface area contributed by atoms with E-state index in [2.05, 4.69) is 6.07 Å². The number of aliphatic hydroxyl groups is 1. The average molecular weight is 287 g/mol. The van der Waals surface area contributed by atoms with Gasteiger partial charge in [0.1, 0.15) is 6.10 Å². The van der Waals surface area contributed by atoms with Gasteiger partial charge in [-0.25, -0.2) is 0 Å². The highest BCUT2D eigenvalue weighted by molar-refractivity contribution is 7.12. The lowest BCUT2D eigenvalue weighted by atomic mass is 10.1. The molecule has 0 aliphatic heterocycles. The zero-order chi connectivity index (χ0) is 12.6. The van der Waals surface area contributed by atoms with Crippen molar-refractivity contribution < 1.29 is 5.11 Å². The molecule has 0 amide bonds. The Hall–Kier alpha value is -0.540. The standard InChI is InChI=1S/C13H12Cl2OS/c1-7-5-8(2)17-13(7)12(16)9-3-4-10(14)11(15)6-9/h3-6,12,16H,1-2H3. The second-order valence-corrected chi connectivity index (χ2v) is 6.08. The first-order valence-electron chi connectivity index (χ1n) is 5.19. The molecule has 1 atom stereocenters. The Morgan fingerprint density at radius 1 is 1.12 bits per heavy atom. The number of thiophene rings is 1. The van der Waals surface area contributed by atoms with Crippen LogP contribution >= 0.6 is 34.5 Å². The molecule has 2 aromatic rings. The molecule has 0 spiro atoms. The van der Waals surface area contributed by atoms with Crippen LogP contribution in [0.2, 0.25) is 10.0 Å². The normalized spacial score (nSPS) is 12.8. The average Bonchev–Trinajstić information content (AvgIpc) is 2.61. The molecule has 2 rings (SSSR count). The van der Waals surface area contributed by atoms with Crippen molar-refractivity contribution in [2.45, 2.75) is 20.0 Å². The van der Waals surface area contributed by atoms with Crippen molar-refractivity contribution in [3.63, 3.8) is 0 Å². The van der Waals surface area contributed by atoms with Gasteiger partial charge < -0.3 is 5.11 Å². The first-order valence-corrected chi connectivity index (χ1v) is 6.76. The van der Waals surface area contributed by atoms with Gasteiger partial charge in [-0.05, 0) is 43.2 Å². The predicted molar refractivity (Wildman–Crippen MR) is 74.3 cm³/mol. The van der Waals surface area contributed by atoms with E-state index in [4.69, 9.17) is 23.2 Å². The van der Waals surface area contributed by atoms with Crippen LogP contribution in [-0.4, -0.2) is 5.11 Å². The molecule has 0 bridgehead atoms. The van der Waals surface area contributed by atoms with Crippen molar-refractivity contribution in [3.05, 3.63) is 55.2 Å². The Morgan fingerprint density at radius 2 is 1.82 bits per heavy atom. The van der Waals surface area contributed by atoms with Gasteiger partial charge in [-0.15, -0.1) is 11.3 Å². The first-order chi connectivity index (χ1) is 7.99. The molecule has 17 heavy (non-hydrogen) atoms. The second-order valence-electron chi connectivity index (χ2n) is 3.98. The summed E-state index contributed by atoms with van der Waals surface area (Å²) in [4.78, 5) is 2.15. The van der Waals surface area contributed by atoms with Crippen molar-refractivity contribution >= 4 is 34.5 Å². The Labute approximate surface area is 115 Å². The van der Waals surface area contributed by atoms with Crippen molar-refractivity contribution in [2.24, 2.45) is 0 Å². The number of benzene rings is 1. The summed E-state index contributed by atoms with van der Waals surface area (Å²) in [5, 5.41) is 11.3. The summed E-state index contributed by atoms with van der Waals surface area (Å²) in [5.74, 6) is 0.